The molecule has 2 aromatic carbocycles. The van der Waals surface area contributed by atoms with Gasteiger partial charge in [-0.3, -0.25) is 9.59 Å². The van der Waals surface area contributed by atoms with Crippen molar-refractivity contribution >= 4 is 17.9 Å². The van der Waals surface area contributed by atoms with Gasteiger partial charge in [-0.2, -0.15) is 0 Å². The van der Waals surface area contributed by atoms with Crippen molar-refractivity contribution < 1.29 is 19.1 Å². The summed E-state index contributed by atoms with van der Waals surface area (Å²) in [5, 5.41) is 5.63. The van der Waals surface area contributed by atoms with Crippen LogP contribution in [0.3, 0.4) is 0 Å². The average molecular weight is 538 g/mol. The highest BCUT2D eigenvalue weighted by Crippen LogP contribution is 2.27. The minimum Gasteiger partial charge on any atom is -0.444 e. The summed E-state index contributed by atoms with van der Waals surface area (Å²) in [5.74, 6) is -0.570. The Morgan fingerprint density at radius 3 is 2.21 bits per heavy atom. The molecule has 0 aliphatic heterocycles. The molecule has 3 amide bonds. The normalized spacial score (nSPS) is 11.9. The topological polar surface area (TPSA) is 87.7 Å². The van der Waals surface area contributed by atoms with E-state index in [2.05, 4.69) is 17.6 Å². The lowest BCUT2D eigenvalue weighted by Gasteiger charge is -2.33. The molecule has 1 unspecified atom stereocenters. The Bertz CT molecular complexity index is 1060. The molecule has 0 radical (unpaired) electrons. The lowest BCUT2D eigenvalue weighted by molar-refractivity contribution is -0.140. The van der Waals surface area contributed by atoms with Crippen molar-refractivity contribution in [1.82, 2.24) is 15.5 Å². The molecule has 2 rings (SSSR count). The first-order valence-electron chi connectivity index (χ1n) is 14.2. The van der Waals surface area contributed by atoms with Crippen LogP contribution in [0.2, 0.25) is 0 Å². The number of aryl methyl sites for hydroxylation is 1. The Morgan fingerprint density at radius 1 is 0.872 bits per heavy atom. The maximum absolute atomic E-state index is 13.8. The van der Waals surface area contributed by atoms with Gasteiger partial charge < -0.3 is 20.3 Å². The van der Waals surface area contributed by atoms with Gasteiger partial charge in [-0.15, -0.1) is 0 Å². The van der Waals surface area contributed by atoms with E-state index in [1.165, 1.54) is 6.42 Å². The van der Waals surface area contributed by atoms with Crippen LogP contribution >= 0.6 is 0 Å². The summed E-state index contributed by atoms with van der Waals surface area (Å²) in [4.78, 5) is 41.4. The molecular formula is C32H47N3O4. The number of ether oxygens (including phenoxy) is 1. The summed E-state index contributed by atoms with van der Waals surface area (Å²) >= 11 is 0. The first-order chi connectivity index (χ1) is 18.5. The monoisotopic (exact) mass is 537 g/mol. The molecule has 0 aliphatic carbocycles. The number of unbranched alkanes of at least 4 members (excludes halogenated alkanes) is 5. The first-order valence-corrected chi connectivity index (χ1v) is 14.2. The maximum Gasteiger partial charge on any atom is 0.408 e. The molecule has 0 fully saturated rings. The van der Waals surface area contributed by atoms with Crippen molar-refractivity contribution in [3.8, 4) is 0 Å². The van der Waals surface area contributed by atoms with Crippen LogP contribution in [0, 0.1) is 13.8 Å². The standard InChI is InChI=1S/C32H47N3O4/c1-7-8-9-10-11-15-21-35(28(36)23-34-31(38)39-32(4,5)6)29(27-20-16-17-24(2)25(27)3)30(37)33-22-26-18-13-12-14-19-26/h12-14,16-20,29H,7-11,15,21-23H2,1-6H3,(H,33,37)(H,34,38). The van der Waals surface area contributed by atoms with Crippen LogP contribution in [0.5, 0.6) is 0 Å². The molecule has 0 aliphatic rings. The molecule has 39 heavy (non-hydrogen) atoms. The molecular weight excluding hydrogens is 490 g/mol. The maximum atomic E-state index is 13.8. The molecule has 0 saturated heterocycles. The van der Waals surface area contributed by atoms with Gasteiger partial charge in [0.15, 0.2) is 0 Å². The van der Waals surface area contributed by atoms with Crippen LogP contribution in [0.4, 0.5) is 4.79 Å². The van der Waals surface area contributed by atoms with Gasteiger partial charge in [0, 0.05) is 13.1 Å². The molecule has 7 heteroatoms. The zero-order chi connectivity index (χ0) is 28.8. The fourth-order valence-electron chi connectivity index (χ4n) is 4.43. The van der Waals surface area contributed by atoms with Gasteiger partial charge in [-0.05, 0) is 63.3 Å². The second kappa shape index (κ2) is 15.9. The van der Waals surface area contributed by atoms with E-state index < -0.39 is 17.7 Å². The molecule has 7 nitrogen and oxygen atoms in total. The van der Waals surface area contributed by atoms with Crippen molar-refractivity contribution in [2.45, 2.75) is 98.3 Å². The van der Waals surface area contributed by atoms with Gasteiger partial charge in [0.2, 0.25) is 11.8 Å². The predicted octanol–water partition coefficient (Wildman–Crippen LogP) is 6.37. The molecule has 2 aromatic rings. The summed E-state index contributed by atoms with van der Waals surface area (Å²) in [6, 6.07) is 14.7. The zero-order valence-electron chi connectivity index (χ0n) is 24.6. The van der Waals surface area contributed by atoms with Gasteiger partial charge in [-0.25, -0.2) is 4.79 Å². The Kier molecular flexibility index (Phi) is 13.0. The number of nitrogens with one attached hydrogen (secondary N) is 2. The summed E-state index contributed by atoms with van der Waals surface area (Å²) in [6.45, 7) is 12.0. The van der Waals surface area contributed by atoms with Gasteiger partial charge >= 0.3 is 6.09 Å². The van der Waals surface area contributed by atoms with Crippen LogP contribution in [-0.4, -0.2) is 41.5 Å². The number of amides is 3. The smallest absolute Gasteiger partial charge is 0.408 e. The third-order valence-electron chi connectivity index (χ3n) is 6.67. The number of hydrogen-bond acceptors (Lipinski definition) is 4. The van der Waals surface area contributed by atoms with E-state index in [0.717, 1.165) is 54.4 Å². The molecule has 0 bridgehead atoms. The number of alkyl carbamates (subject to hydrolysis) is 1. The van der Waals surface area contributed by atoms with Crippen LogP contribution in [0.25, 0.3) is 0 Å². The van der Waals surface area contributed by atoms with Crippen molar-refractivity contribution in [2.24, 2.45) is 0 Å². The quantitative estimate of drug-likeness (QED) is 0.274. The Labute approximate surface area is 234 Å². The fraction of sp³-hybridized carbons (Fsp3) is 0.531. The molecule has 0 aromatic heterocycles. The molecule has 0 saturated carbocycles. The third kappa shape index (κ3) is 11.1. The average Bonchev–Trinajstić information content (AvgIpc) is 2.89. The van der Waals surface area contributed by atoms with E-state index in [9.17, 15) is 14.4 Å². The SMILES string of the molecule is CCCCCCCCN(C(=O)CNC(=O)OC(C)(C)C)C(C(=O)NCc1ccccc1)c1cccc(C)c1C. The highest BCUT2D eigenvalue weighted by atomic mass is 16.6. The van der Waals surface area contributed by atoms with Crippen molar-refractivity contribution in [2.75, 3.05) is 13.1 Å². The molecule has 2 N–H and O–H groups in total. The molecule has 0 heterocycles. The van der Waals surface area contributed by atoms with E-state index in [1.54, 1.807) is 25.7 Å². The van der Waals surface area contributed by atoms with E-state index >= 15 is 0 Å². The zero-order valence-corrected chi connectivity index (χ0v) is 24.6. The molecule has 214 valence electrons. The number of carbonyl (C=O) groups excluding carboxylic acids is 3. The lowest BCUT2D eigenvalue weighted by atomic mass is 9.95. The second-order valence-electron chi connectivity index (χ2n) is 11.1. The number of hydrogen-bond donors (Lipinski definition) is 2. The van der Waals surface area contributed by atoms with E-state index in [4.69, 9.17) is 4.74 Å². The van der Waals surface area contributed by atoms with Crippen LogP contribution < -0.4 is 10.6 Å². The minimum absolute atomic E-state index is 0.246. The lowest BCUT2D eigenvalue weighted by Crippen LogP contribution is -2.48. The van der Waals surface area contributed by atoms with Crippen molar-refractivity contribution in [3.05, 3.63) is 70.8 Å². The summed E-state index contributed by atoms with van der Waals surface area (Å²) < 4.78 is 5.32. The second-order valence-corrected chi connectivity index (χ2v) is 11.1. The predicted molar refractivity (Wildman–Crippen MR) is 156 cm³/mol. The number of nitrogens with zero attached hydrogens (tertiary/aromatic N) is 1. The Morgan fingerprint density at radius 2 is 1.54 bits per heavy atom. The highest BCUT2D eigenvalue weighted by Gasteiger charge is 2.32. The van der Waals surface area contributed by atoms with Gasteiger partial charge in [-0.1, -0.05) is 87.6 Å². The summed E-state index contributed by atoms with van der Waals surface area (Å²) in [5.41, 5.74) is 3.11. The summed E-state index contributed by atoms with van der Waals surface area (Å²) in [7, 11) is 0. The third-order valence-corrected chi connectivity index (χ3v) is 6.67. The summed E-state index contributed by atoms with van der Waals surface area (Å²) in [6.07, 6.45) is 5.67. The van der Waals surface area contributed by atoms with Crippen molar-refractivity contribution in [1.29, 1.82) is 0 Å². The van der Waals surface area contributed by atoms with Gasteiger partial charge in [0.1, 0.15) is 18.2 Å². The van der Waals surface area contributed by atoms with Crippen LogP contribution in [0.15, 0.2) is 48.5 Å². The van der Waals surface area contributed by atoms with E-state index in [-0.39, 0.29) is 18.4 Å². The molecule has 0 spiro atoms. The Hall–Kier alpha value is -3.35. The van der Waals surface area contributed by atoms with E-state index in [0.29, 0.717) is 13.1 Å². The van der Waals surface area contributed by atoms with Crippen LogP contribution in [0.1, 0.15) is 94.5 Å². The van der Waals surface area contributed by atoms with E-state index in [1.807, 2.05) is 62.4 Å². The first kappa shape index (κ1) is 31.9. The highest BCUT2D eigenvalue weighted by molar-refractivity contribution is 5.90. The number of benzene rings is 2. The largest absolute Gasteiger partial charge is 0.444 e. The van der Waals surface area contributed by atoms with Gasteiger partial charge in [0.25, 0.3) is 0 Å². The van der Waals surface area contributed by atoms with Crippen molar-refractivity contribution in [3.63, 3.8) is 0 Å². The van der Waals surface area contributed by atoms with Crippen LogP contribution in [-0.2, 0) is 20.9 Å². The molecule has 1 atom stereocenters. The Balaban J connectivity index is 2.32. The van der Waals surface area contributed by atoms with Gasteiger partial charge in [0.05, 0.1) is 0 Å². The number of rotatable bonds is 14. The minimum atomic E-state index is -0.822. The fourth-order valence-corrected chi connectivity index (χ4v) is 4.43. The number of carbonyl (C=O) groups is 3.